The van der Waals surface area contributed by atoms with Crippen molar-refractivity contribution in [2.24, 2.45) is 11.7 Å². The van der Waals surface area contributed by atoms with Gasteiger partial charge in [0.05, 0.1) is 0 Å². The molecule has 0 unspecified atom stereocenters. The number of piperidine rings is 1. The van der Waals surface area contributed by atoms with E-state index in [1.807, 2.05) is 6.07 Å². The standard InChI is InChI=1S/C15H23FN2/c1-2-12-7-10-18(11-8-12)15-5-3-4-14(16)13(15)6-9-17/h3-5,12H,2,6-11,17H2,1H3. The summed E-state index contributed by atoms with van der Waals surface area (Å²) < 4.78 is 13.9. The molecular weight excluding hydrogens is 227 g/mol. The molecule has 2 rings (SSSR count). The van der Waals surface area contributed by atoms with Crippen LogP contribution in [0, 0.1) is 11.7 Å². The summed E-state index contributed by atoms with van der Waals surface area (Å²) in [5, 5.41) is 0. The van der Waals surface area contributed by atoms with Gasteiger partial charge in [0, 0.05) is 24.3 Å². The lowest BCUT2D eigenvalue weighted by Crippen LogP contribution is -2.34. The molecule has 0 atom stereocenters. The van der Waals surface area contributed by atoms with E-state index in [0.29, 0.717) is 13.0 Å². The Bertz CT molecular complexity index is 384. The molecule has 0 spiro atoms. The molecular formula is C15H23FN2. The van der Waals surface area contributed by atoms with Gasteiger partial charge in [-0.3, -0.25) is 0 Å². The number of rotatable bonds is 4. The van der Waals surface area contributed by atoms with Gasteiger partial charge >= 0.3 is 0 Å². The van der Waals surface area contributed by atoms with Crippen molar-refractivity contribution in [2.45, 2.75) is 32.6 Å². The van der Waals surface area contributed by atoms with Crippen LogP contribution < -0.4 is 10.6 Å². The van der Waals surface area contributed by atoms with E-state index in [-0.39, 0.29) is 5.82 Å². The number of nitrogens with two attached hydrogens (primary N) is 1. The molecule has 3 heteroatoms. The highest BCUT2D eigenvalue weighted by atomic mass is 19.1. The number of halogens is 1. The van der Waals surface area contributed by atoms with E-state index in [2.05, 4.69) is 11.8 Å². The Morgan fingerprint density at radius 1 is 1.33 bits per heavy atom. The van der Waals surface area contributed by atoms with Crippen molar-refractivity contribution in [3.8, 4) is 0 Å². The maximum absolute atomic E-state index is 13.9. The topological polar surface area (TPSA) is 29.3 Å². The molecule has 18 heavy (non-hydrogen) atoms. The molecule has 0 aromatic heterocycles. The van der Waals surface area contributed by atoms with Crippen molar-refractivity contribution in [3.63, 3.8) is 0 Å². The van der Waals surface area contributed by atoms with Gasteiger partial charge in [0.1, 0.15) is 5.82 Å². The first-order chi connectivity index (χ1) is 8.76. The molecule has 1 heterocycles. The Balaban J connectivity index is 2.15. The van der Waals surface area contributed by atoms with Gasteiger partial charge in [0.2, 0.25) is 0 Å². The highest BCUT2D eigenvalue weighted by Crippen LogP contribution is 2.29. The van der Waals surface area contributed by atoms with Crippen molar-refractivity contribution in [3.05, 3.63) is 29.6 Å². The first-order valence-corrected chi connectivity index (χ1v) is 6.98. The first kappa shape index (κ1) is 13.3. The molecule has 2 nitrogen and oxygen atoms in total. The minimum absolute atomic E-state index is 0.115. The van der Waals surface area contributed by atoms with E-state index in [0.717, 1.165) is 30.3 Å². The predicted molar refractivity (Wildman–Crippen MR) is 74.4 cm³/mol. The fraction of sp³-hybridized carbons (Fsp3) is 0.600. The minimum Gasteiger partial charge on any atom is -0.371 e. The zero-order valence-electron chi connectivity index (χ0n) is 11.2. The van der Waals surface area contributed by atoms with Gasteiger partial charge in [-0.1, -0.05) is 19.4 Å². The fourth-order valence-electron chi connectivity index (χ4n) is 2.82. The number of hydrogen-bond donors (Lipinski definition) is 1. The van der Waals surface area contributed by atoms with Gasteiger partial charge in [0.25, 0.3) is 0 Å². The van der Waals surface area contributed by atoms with Crippen LogP contribution in [0.4, 0.5) is 10.1 Å². The Morgan fingerprint density at radius 3 is 2.67 bits per heavy atom. The van der Waals surface area contributed by atoms with E-state index in [1.54, 1.807) is 6.07 Å². The van der Waals surface area contributed by atoms with Crippen molar-refractivity contribution in [1.29, 1.82) is 0 Å². The van der Waals surface area contributed by atoms with Gasteiger partial charge in [-0.25, -0.2) is 4.39 Å². The summed E-state index contributed by atoms with van der Waals surface area (Å²) >= 11 is 0. The highest BCUT2D eigenvalue weighted by Gasteiger charge is 2.20. The van der Waals surface area contributed by atoms with Crippen LogP contribution in [-0.2, 0) is 6.42 Å². The van der Waals surface area contributed by atoms with Crippen LogP contribution in [0.3, 0.4) is 0 Å². The third kappa shape index (κ3) is 2.83. The van der Waals surface area contributed by atoms with Gasteiger partial charge < -0.3 is 10.6 Å². The van der Waals surface area contributed by atoms with Gasteiger partial charge in [-0.05, 0) is 43.9 Å². The average Bonchev–Trinajstić information content (AvgIpc) is 2.41. The molecule has 1 aromatic carbocycles. The van der Waals surface area contributed by atoms with Gasteiger partial charge in [-0.15, -0.1) is 0 Å². The SMILES string of the molecule is CCC1CCN(c2cccc(F)c2CCN)CC1. The van der Waals surface area contributed by atoms with Crippen LogP contribution in [-0.4, -0.2) is 19.6 Å². The third-order valence-corrected chi connectivity index (χ3v) is 4.02. The van der Waals surface area contributed by atoms with Crippen LogP contribution in [0.1, 0.15) is 31.7 Å². The predicted octanol–water partition coefficient (Wildman–Crippen LogP) is 2.95. The van der Waals surface area contributed by atoms with Crippen LogP contribution in [0.15, 0.2) is 18.2 Å². The summed E-state index contributed by atoms with van der Waals surface area (Å²) in [5.41, 5.74) is 7.42. The molecule has 0 saturated carbocycles. The minimum atomic E-state index is -0.115. The van der Waals surface area contributed by atoms with Crippen molar-refractivity contribution in [2.75, 3.05) is 24.5 Å². The highest BCUT2D eigenvalue weighted by molar-refractivity contribution is 5.54. The van der Waals surface area contributed by atoms with Crippen LogP contribution in [0.5, 0.6) is 0 Å². The number of anilines is 1. The van der Waals surface area contributed by atoms with Crippen LogP contribution in [0.2, 0.25) is 0 Å². The van der Waals surface area contributed by atoms with E-state index in [4.69, 9.17) is 5.73 Å². The van der Waals surface area contributed by atoms with E-state index in [1.165, 1.54) is 25.3 Å². The summed E-state index contributed by atoms with van der Waals surface area (Å²) in [7, 11) is 0. The van der Waals surface area contributed by atoms with E-state index >= 15 is 0 Å². The van der Waals surface area contributed by atoms with Crippen molar-refractivity contribution in [1.82, 2.24) is 0 Å². The van der Waals surface area contributed by atoms with Gasteiger partial charge in [0.15, 0.2) is 0 Å². The summed E-state index contributed by atoms with van der Waals surface area (Å²) in [5.74, 6) is 0.725. The lowest BCUT2D eigenvalue weighted by atomic mass is 9.93. The molecule has 0 bridgehead atoms. The zero-order chi connectivity index (χ0) is 13.0. The average molecular weight is 250 g/mol. The van der Waals surface area contributed by atoms with Crippen LogP contribution in [0.25, 0.3) is 0 Å². The summed E-state index contributed by atoms with van der Waals surface area (Å²) in [6.45, 7) is 4.83. The zero-order valence-corrected chi connectivity index (χ0v) is 11.2. The lowest BCUT2D eigenvalue weighted by Gasteiger charge is -2.34. The fourth-order valence-corrected chi connectivity index (χ4v) is 2.82. The normalized spacial score (nSPS) is 17.2. The molecule has 0 amide bonds. The van der Waals surface area contributed by atoms with Gasteiger partial charge in [-0.2, -0.15) is 0 Å². The molecule has 1 fully saturated rings. The number of nitrogens with zero attached hydrogens (tertiary/aromatic N) is 1. The largest absolute Gasteiger partial charge is 0.371 e. The Kier molecular flexibility index (Phi) is 4.59. The second kappa shape index (κ2) is 6.19. The Morgan fingerprint density at radius 2 is 2.06 bits per heavy atom. The quantitative estimate of drug-likeness (QED) is 0.890. The maximum Gasteiger partial charge on any atom is 0.128 e. The Hall–Kier alpha value is -1.09. The molecule has 0 aliphatic carbocycles. The second-order valence-corrected chi connectivity index (χ2v) is 5.11. The summed E-state index contributed by atoms with van der Waals surface area (Å²) in [6.07, 6.45) is 4.31. The summed E-state index contributed by atoms with van der Waals surface area (Å²) in [4.78, 5) is 2.32. The van der Waals surface area contributed by atoms with Crippen molar-refractivity contribution < 1.29 is 4.39 Å². The lowest BCUT2D eigenvalue weighted by molar-refractivity contribution is 0.394. The van der Waals surface area contributed by atoms with Crippen LogP contribution >= 0.6 is 0 Å². The maximum atomic E-state index is 13.9. The van der Waals surface area contributed by atoms with E-state index in [9.17, 15) is 4.39 Å². The summed E-state index contributed by atoms with van der Waals surface area (Å²) in [6, 6.07) is 5.37. The molecule has 1 aromatic rings. The number of benzene rings is 1. The first-order valence-electron chi connectivity index (χ1n) is 6.98. The molecule has 1 aliphatic rings. The number of hydrogen-bond acceptors (Lipinski definition) is 2. The van der Waals surface area contributed by atoms with E-state index < -0.39 is 0 Å². The molecule has 2 N–H and O–H groups in total. The monoisotopic (exact) mass is 250 g/mol. The Labute approximate surface area is 109 Å². The smallest absolute Gasteiger partial charge is 0.128 e. The third-order valence-electron chi connectivity index (χ3n) is 4.02. The molecule has 100 valence electrons. The molecule has 0 radical (unpaired) electrons. The second-order valence-electron chi connectivity index (χ2n) is 5.11. The molecule has 1 aliphatic heterocycles. The molecule has 1 saturated heterocycles. The van der Waals surface area contributed by atoms with Crippen molar-refractivity contribution >= 4 is 5.69 Å².